The molecule has 0 aliphatic heterocycles. The van der Waals surface area contributed by atoms with E-state index in [1.165, 1.54) is 4.90 Å². The van der Waals surface area contributed by atoms with Gasteiger partial charge in [-0.2, -0.15) is 0 Å². The van der Waals surface area contributed by atoms with Crippen LogP contribution in [-0.2, 0) is 4.79 Å². The summed E-state index contributed by atoms with van der Waals surface area (Å²) in [4.78, 5) is 22.7. The lowest BCUT2D eigenvalue weighted by atomic mass is 9.98. The van der Waals surface area contributed by atoms with E-state index in [0.717, 1.165) is 0 Å². The number of aliphatic carboxylic acids is 1. The van der Waals surface area contributed by atoms with Gasteiger partial charge in [-0.15, -0.1) is 0 Å². The summed E-state index contributed by atoms with van der Waals surface area (Å²) < 4.78 is 0. The maximum absolute atomic E-state index is 10.9. The molecule has 0 heterocycles. The summed E-state index contributed by atoms with van der Waals surface area (Å²) in [7, 11) is 0. The Labute approximate surface area is 77.5 Å². The van der Waals surface area contributed by atoms with Crippen LogP contribution in [0.2, 0.25) is 0 Å². The van der Waals surface area contributed by atoms with Crippen molar-refractivity contribution >= 4 is 12.0 Å². The van der Waals surface area contributed by atoms with Crippen molar-refractivity contribution in [2.45, 2.75) is 32.7 Å². The number of urea groups is 1. The first kappa shape index (κ1) is 11.7. The van der Waals surface area contributed by atoms with E-state index >= 15 is 0 Å². The third-order valence-electron chi connectivity index (χ3n) is 1.90. The van der Waals surface area contributed by atoms with E-state index in [4.69, 9.17) is 10.8 Å². The quantitative estimate of drug-likeness (QED) is 0.679. The molecular weight excluding hydrogens is 172 g/mol. The number of carbonyl (C=O) groups is 2. The Bertz CT molecular complexity index is 213. The lowest BCUT2D eigenvalue weighted by molar-refractivity contribution is -0.139. The summed E-state index contributed by atoms with van der Waals surface area (Å²) in [5.74, 6) is -0.940. The molecule has 0 atom stereocenters. The number of rotatable bonds is 4. The maximum Gasteiger partial charge on any atom is 0.315 e. The van der Waals surface area contributed by atoms with Gasteiger partial charge in [0.1, 0.15) is 0 Å². The Kier molecular flexibility index (Phi) is 3.71. The van der Waals surface area contributed by atoms with Crippen LogP contribution >= 0.6 is 0 Å². The highest BCUT2D eigenvalue weighted by Crippen LogP contribution is 2.17. The van der Waals surface area contributed by atoms with Gasteiger partial charge in [-0.1, -0.05) is 0 Å². The topological polar surface area (TPSA) is 83.6 Å². The molecule has 0 radical (unpaired) electrons. The lowest BCUT2D eigenvalue weighted by Gasteiger charge is -2.35. The molecule has 0 saturated heterocycles. The fraction of sp³-hybridized carbons (Fsp3) is 0.750. The molecular formula is C8H16N2O3. The minimum absolute atomic E-state index is 0.107. The van der Waals surface area contributed by atoms with Gasteiger partial charge in [0, 0.05) is 12.1 Å². The summed E-state index contributed by atoms with van der Waals surface area (Å²) in [6.07, 6.45) is -0.107. The minimum atomic E-state index is -0.940. The first-order valence-corrected chi connectivity index (χ1v) is 4.10. The van der Waals surface area contributed by atoms with E-state index < -0.39 is 17.5 Å². The fourth-order valence-electron chi connectivity index (χ4n) is 1.35. The molecule has 5 heteroatoms. The predicted octanol–water partition coefficient (Wildman–Crippen LogP) is 0.640. The molecule has 0 bridgehead atoms. The van der Waals surface area contributed by atoms with E-state index in [1.54, 1.807) is 20.8 Å². The fourth-order valence-corrected chi connectivity index (χ4v) is 1.35. The second-order valence-corrected chi connectivity index (χ2v) is 3.47. The van der Waals surface area contributed by atoms with Crippen LogP contribution in [0.5, 0.6) is 0 Å². The second kappa shape index (κ2) is 4.11. The van der Waals surface area contributed by atoms with Crippen LogP contribution in [0.25, 0.3) is 0 Å². The van der Waals surface area contributed by atoms with Gasteiger partial charge in [0.15, 0.2) is 0 Å². The number of nitrogens with zero attached hydrogens (tertiary/aromatic N) is 1. The standard InChI is InChI=1S/C8H16N2O3/c1-4-10(7(9)13)8(2,3)5-6(11)12/h4-5H2,1-3H3,(H2,9,13)(H,11,12). The Morgan fingerprint density at radius 3 is 2.15 bits per heavy atom. The molecule has 2 amide bonds. The molecule has 76 valence electrons. The highest BCUT2D eigenvalue weighted by Gasteiger charge is 2.30. The Balaban J connectivity index is 4.56. The van der Waals surface area contributed by atoms with Crippen LogP contribution < -0.4 is 5.73 Å². The normalized spacial score (nSPS) is 11.0. The van der Waals surface area contributed by atoms with E-state index in [0.29, 0.717) is 6.54 Å². The minimum Gasteiger partial charge on any atom is -0.481 e. The molecule has 0 aliphatic rings. The van der Waals surface area contributed by atoms with Crippen LogP contribution in [0.15, 0.2) is 0 Å². The Morgan fingerprint density at radius 2 is 1.92 bits per heavy atom. The zero-order valence-corrected chi connectivity index (χ0v) is 8.20. The van der Waals surface area contributed by atoms with Crippen molar-refractivity contribution in [1.82, 2.24) is 4.90 Å². The number of hydrogen-bond donors (Lipinski definition) is 2. The van der Waals surface area contributed by atoms with E-state index in [2.05, 4.69) is 0 Å². The van der Waals surface area contributed by atoms with E-state index in [-0.39, 0.29) is 6.42 Å². The van der Waals surface area contributed by atoms with Crippen molar-refractivity contribution in [3.05, 3.63) is 0 Å². The molecule has 0 aliphatic carbocycles. The third kappa shape index (κ3) is 3.31. The highest BCUT2D eigenvalue weighted by molar-refractivity contribution is 5.75. The van der Waals surface area contributed by atoms with Gasteiger partial charge in [0.25, 0.3) is 0 Å². The largest absolute Gasteiger partial charge is 0.481 e. The number of primary amides is 1. The van der Waals surface area contributed by atoms with E-state index in [9.17, 15) is 9.59 Å². The van der Waals surface area contributed by atoms with Gasteiger partial charge in [0.2, 0.25) is 0 Å². The summed E-state index contributed by atoms with van der Waals surface area (Å²) >= 11 is 0. The van der Waals surface area contributed by atoms with Gasteiger partial charge in [-0.05, 0) is 20.8 Å². The molecule has 0 rings (SSSR count). The monoisotopic (exact) mass is 188 g/mol. The average Bonchev–Trinajstić information content (AvgIpc) is 1.82. The maximum atomic E-state index is 10.9. The molecule has 13 heavy (non-hydrogen) atoms. The zero-order valence-electron chi connectivity index (χ0n) is 8.20. The molecule has 0 aromatic carbocycles. The highest BCUT2D eigenvalue weighted by atomic mass is 16.4. The first-order chi connectivity index (χ1) is 5.81. The predicted molar refractivity (Wildman–Crippen MR) is 48.3 cm³/mol. The smallest absolute Gasteiger partial charge is 0.315 e. The molecule has 0 spiro atoms. The van der Waals surface area contributed by atoms with Crippen LogP contribution in [0, 0.1) is 0 Å². The summed E-state index contributed by atoms with van der Waals surface area (Å²) in [5, 5.41) is 8.60. The molecule has 0 unspecified atom stereocenters. The molecule has 3 N–H and O–H groups in total. The molecule has 5 nitrogen and oxygen atoms in total. The summed E-state index contributed by atoms with van der Waals surface area (Å²) in [6, 6.07) is -0.589. The van der Waals surface area contributed by atoms with Crippen molar-refractivity contribution in [2.75, 3.05) is 6.54 Å². The van der Waals surface area contributed by atoms with Crippen LogP contribution in [0.1, 0.15) is 27.2 Å². The van der Waals surface area contributed by atoms with E-state index in [1.807, 2.05) is 0 Å². The van der Waals surface area contributed by atoms with Crippen molar-refractivity contribution < 1.29 is 14.7 Å². The van der Waals surface area contributed by atoms with Crippen molar-refractivity contribution in [2.24, 2.45) is 5.73 Å². The number of nitrogens with two attached hydrogens (primary N) is 1. The van der Waals surface area contributed by atoms with Crippen LogP contribution in [-0.4, -0.2) is 34.1 Å². The SMILES string of the molecule is CCN(C(N)=O)C(C)(C)CC(=O)O. The third-order valence-corrected chi connectivity index (χ3v) is 1.90. The van der Waals surface area contributed by atoms with Crippen molar-refractivity contribution in [1.29, 1.82) is 0 Å². The average molecular weight is 188 g/mol. The van der Waals surface area contributed by atoms with Gasteiger partial charge < -0.3 is 15.7 Å². The number of amides is 2. The van der Waals surface area contributed by atoms with Crippen molar-refractivity contribution in [3.63, 3.8) is 0 Å². The molecule has 0 aromatic rings. The zero-order chi connectivity index (χ0) is 10.6. The number of carboxylic acid groups (broad SMARTS) is 1. The number of carbonyl (C=O) groups excluding carboxylic acids is 1. The van der Waals surface area contributed by atoms with Crippen molar-refractivity contribution in [3.8, 4) is 0 Å². The summed E-state index contributed by atoms with van der Waals surface area (Å²) in [6.45, 7) is 5.52. The van der Waals surface area contributed by atoms with Gasteiger partial charge in [0.05, 0.1) is 6.42 Å². The number of carboxylic acids is 1. The number of hydrogen-bond acceptors (Lipinski definition) is 2. The molecule has 0 fully saturated rings. The first-order valence-electron chi connectivity index (χ1n) is 4.10. The van der Waals surface area contributed by atoms with Gasteiger partial charge in [-0.25, -0.2) is 4.79 Å². The summed E-state index contributed by atoms with van der Waals surface area (Å²) in [5.41, 5.74) is 4.37. The lowest BCUT2D eigenvalue weighted by Crippen LogP contribution is -2.51. The second-order valence-electron chi connectivity index (χ2n) is 3.47. The molecule has 0 aromatic heterocycles. The van der Waals surface area contributed by atoms with Crippen LogP contribution in [0.3, 0.4) is 0 Å². The Hall–Kier alpha value is -1.26. The van der Waals surface area contributed by atoms with Gasteiger partial charge in [-0.3, -0.25) is 4.79 Å². The van der Waals surface area contributed by atoms with Gasteiger partial charge >= 0.3 is 12.0 Å². The van der Waals surface area contributed by atoms with Crippen LogP contribution in [0.4, 0.5) is 4.79 Å². The molecule has 0 saturated carbocycles. The Morgan fingerprint density at radius 1 is 1.46 bits per heavy atom.